The molecule has 1 aromatic carbocycles. The Morgan fingerprint density at radius 3 is 2.50 bits per heavy atom. The van der Waals surface area contributed by atoms with Crippen LogP contribution in [-0.4, -0.2) is 29.7 Å². The van der Waals surface area contributed by atoms with Crippen molar-refractivity contribution >= 4 is 28.6 Å². The van der Waals surface area contributed by atoms with E-state index in [1.807, 2.05) is 0 Å². The third kappa shape index (κ3) is 3.67. The van der Waals surface area contributed by atoms with Gasteiger partial charge in [-0.3, -0.25) is 0 Å². The van der Waals surface area contributed by atoms with Crippen LogP contribution in [0.1, 0.15) is 22.8 Å². The van der Waals surface area contributed by atoms with E-state index in [9.17, 15) is 17.6 Å². The first-order chi connectivity index (χ1) is 11.5. The van der Waals surface area contributed by atoms with E-state index in [-0.39, 0.29) is 5.56 Å². The van der Waals surface area contributed by atoms with Gasteiger partial charge < -0.3 is 5.32 Å². The molecule has 3 rings (SSSR count). The van der Waals surface area contributed by atoms with Gasteiger partial charge in [0.05, 0.1) is 12.5 Å². The van der Waals surface area contributed by atoms with Crippen LogP contribution >= 0.6 is 22.9 Å². The number of halogens is 5. The number of nitrogens with one attached hydrogen (secondary N) is 1. The lowest BCUT2D eigenvalue weighted by atomic mass is 9.79. The fourth-order valence-corrected chi connectivity index (χ4v) is 3.80. The first-order valence-corrected chi connectivity index (χ1v) is 8.65. The maximum absolute atomic E-state index is 14.1. The van der Waals surface area contributed by atoms with Crippen LogP contribution in [0.25, 0.3) is 0 Å². The number of hydrogen-bond acceptors (Lipinski definition) is 3. The van der Waals surface area contributed by atoms with Crippen LogP contribution in [0.15, 0.2) is 30.5 Å². The number of nitrogens with zero attached hydrogens (tertiary/aromatic N) is 1. The minimum Gasteiger partial charge on any atom is -0.380 e. The Bertz CT molecular complexity index is 684. The second-order valence-electron chi connectivity index (χ2n) is 5.74. The van der Waals surface area contributed by atoms with E-state index in [2.05, 4.69) is 10.3 Å². The number of rotatable bonds is 4. The molecule has 2 nitrogen and oxygen atoms in total. The Kier molecular flexibility index (Phi) is 5.30. The molecule has 1 heterocycles. The van der Waals surface area contributed by atoms with Gasteiger partial charge in [0.2, 0.25) is 0 Å². The molecule has 1 N–H and O–H groups in total. The van der Waals surface area contributed by atoms with Gasteiger partial charge in [-0.05, 0) is 17.7 Å². The summed E-state index contributed by atoms with van der Waals surface area (Å²) in [6, 6.07) is 6.34. The number of alkyl halides is 4. The zero-order chi connectivity index (χ0) is 17.3. The van der Waals surface area contributed by atoms with E-state index in [4.69, 9.17) is 11.6 Å². The van der Waals surface area contributed by atoms with Crippen LogP contribution in [0.4, 0.5) is 23.2 Å². The van der Waals surface area contributed by atoms with Gasteiger partial charge in [-0.15, -0.1) is 11.3 Å². The summed E-state index contributed by atoms with van der Waals surface area (Å²) in [4.78, 5) is 4.81. The molecule has 4 atom stereocenters. The molecule has 0 amide bonds. The summed E-state index contributed by atoms with van der Waals surface area (Å²) in [6.07, 6.45) is -7.20. The molecule has 130 valence electrons. The van der Waals surface area contributed by atoms with Crippen molar-refractivity contribution in [2.24, 2.45) is 0 Å². The molecule has 1 aliphatic rings. The van der Waals surface area contributed by atoms with Crippen LogP contribution < -0.4 is 5.32 Å². The molecule has 24 heavy (non-hydrogen) atoms. The minimum absolute atomic E-state index is 0.243. The molecule has 1 fully saturated rings. The van der Waals surface area contributed by atoms with Crippen molar-refractivity contribution in [2.45, 2.75) is 43.6 Å². The maximum Gasteiger partial charge on any atom is 0.183 e. The van der Waals surface area contributed by atoms with Crippen molar-refractivity contribution < 1.29 is 17.6 Å². The van der Waals surface area contributed by atoms with Gasteiger partial charge in [-0.25, -0.2) is 22.5 Å². The van der Waals surface area contributed by atoms with Crippen LogP contribution in [0.2, 0.25) is 4.47 Å². The molecule has 1 aromatic heterocycles. The lowest BCUT2D eigenvalue weighted by Gasteiger charge is -2.34. The third-order valence-corrected chi connectivity index (χ3v) is 5.21. The van der Waals surface area contributed by atoms with E-state index < -0.39 is 37.0 Å². The first-order valence-electron chi connectivity index (χ1n) is 7.46. The van der Waals surface area contributed by atoms with Crippen LogP contribution in [0.5, 0.6) is 0 Å². The van der Waals surface area contributed by atoms with Gasteiger partial charge in [0.25, 0.3) is 0 Å². The minimum atomic E-state index is -2.05. The average Bonchev–Trinajstić information content (AvgIpc) is 2.97. The van der Waals surface area contributed by atoms with Crippen molar-refractivity contribution in [3.63, 3.8) is 0 Å². The van der Waals surface area contributed by atoms with Crippen LogP contribution in [-0.2, 0) is 6.54 Å². The smallest absolute Gasteiger partial charge is 0.183 e. The molecular formula is C16H15ClF4N2S. The molecule has 0 radical (unpaired) electrons. The Morgan fingerprint density at radius 1 is 1.17 bits per heavy atom. The fourth-order valence-electron chi connectivity index (χ4n) is 2.88. The van der Waals surface area contributed by atoms with E-state index >= 15 is 0 Å². The van der Waals surface area contributed by atoms with Gasteiger partial charge in [-0.1, -0.05) is 23.7 Å². The number of benzene rings is 1. The maximum atomic E-state index is 14.1. The molecule has 0 saturated heterocycles. The monoisotopic (exact) mass is 378 g/mol. The SMILES string of the molecule is FC1CC(F)C(F)C(c2cccc(NCc3cnc(Cl)s3)c2)C1F. The highest BCUT2D eigenvalue weighted by Crippen LogP contribution is 2.40. The average molecular weight is 379 g/mol. The summed E-state index contributed by atoms with van der Waals surface area (Å²) in [5.74, 6) is -1.44. The first kappa shape index (κ1) is 17.5. The lowest BCUT2D eigenvalue weighted by Crippen LogP contribution is -2.43. The normalized spacial score (nSPS) is 30.3. The van der Waals surface area contributed by atoms with E-state index in [0.717, 1.165) is 4.88 Å². The summed E-state index contributed by atoms with van der Waals surface area (Å²) in [5, 5.41) is 3.09. The van der Waals surface area contributed by atoms with E-state index in [1.54, 1.807) is 18.3 Å². The molecule has 0 bridgehead atoms. The Balaban J connectivity index is 1.76. The Hall–Kier alpha value is -1.34. The molecule has 2 aromatic rings. The zero-order valence-corrected chi connectivity index (χ0v) is 14.0. The highest BCUT2D eigenvalue weighted by molar-refractivity contribution is 7.15. The third-order valence-electron chi connectivity index (χ3n) is 4.09. The van der Waals surface area contributed by atoms with Gasteiger partial charge in [0.15, 0.2) is 4.47 Å². The number of hydrogen-bond donors (Lipinski definition) is 1. The summed E-state index contributed by atoms with van der Waals surface area (Å²) < 4.78 is 55.8. The molecule has 1 aliphatic carbocycles. The number of aromatic nitrogens is 1. The van der Waals surface area contributed by atoms with Crippen molar-refractivity contribution in [1.29, 1.82) is 0 Å². The van der Waals surface area contributed by atoms with Crippen molar-refractivity contribution in [3.05, 3.63) is 45.4 Å². The Labute approximate surface area is 145 Å². The molecule has 0 aliphatic heterocycles. The predicted octanol–water partition coefficient (Wildman–Crippen LogP) is 5.25. The quantitative estimate of drug-likeness (QED) is 0.735. The van der Waals surface area contributed by atoms with Gasteiger partial charge in [0.1, 0.15) is 24.7 Å². The summed E-state index contributed by atoms with van der Waals surface area (Å²) in [7, 11) is 0. The molecular weight excluding hydrogens is 364 g/mol. The Morgan fingerprint density at radius 2 is 1.88 bits per heavy atom. The zero-order valence-electron chi connectivity index (χ0n) is 12.4. The highest BCUT2D eigenvalue weighted by Gasteiger charge is 2.47. The molecule has 0 spiro atoms. The lowest BCUT2D eigenvalue weighted by molar-refractivity contribution is -0.00569. The van der Waals surface area contributed by atoms with E-state index in [1.165, 1.54) is 23.5 Å². The van der Waals surface area contributed by atoms with Crippen LogP contribution in [0, 0.1) is 0 Å². The van der Waals surface area contributed by atoms with E-state index in [0.29, 0.717) is 16.7 Å². The summed E-state index contributed by atoms with van der Waals surface area (Å²) in [6.45, 7) is 0.439. The molecule has 4 unspecified atom stereocenters. The van der Waals surface area contributed by atoms with Gasteiger partial charge in [-0.2, -0.15) is 0 Å². The van der Waals surface area contributed by atoms with Crippen molar-refractivity contribution in [1.82, 2.24) is 4.98 Å². The summed E-state index contributed by atoms with van der Waals surface area (Å²) in [5.41, 5.74) is 0.847. The van der Waals surface area contributed by atoms with Crippen molar-refractivity contribution in [3.8, 4) is 0 Å². The van der Waals surface area contributed by atoms with Crippen LogP contribution in [0.3, 0.4) is 0 Å². The standard InChI is InChI=1S/C16H15ClF4N2S/c17-16-23-7-10(24-16)6-22-9-3-1-2-8(4-9)13-14(20)11(18)5-12(19)15(13)21/h1-4,7,11-15,22H,5-6H2. The second-order valence-corrected chi connectivity index (χ2v) is 7.44. The van der Waals surface area contributed by atoms with Gasteiger partial charge in [0, 0.05) is 23.2 Å². The number of thiazole rings is 1. The highest BCUT2D eigenvalue weighted by atomic mass is 35.5. The fraction of sp³-hybridized carbons (Fsp3) is 0.438. The second kappa shape index (κ2) is 7.27. The number of anilines is 1. The molecule has 8 heteroatoms. The van der Waals surface area contributed by atoms with Gasteiger partial charge >= 0.3 is 0 Å². The topological polar surface area (TPSA) is 24.9 Å². The largest absolute Gasteiger partial charge is 0.380 e. The molecule has 1 saturated carbocycles. The summed E-state index contributed by atoms with van der Waals surface area (Å²) >= 11 is 7.07. The predicted molar refractivity (Wildman–Crippen MR) is 87.8 cm³/mol. The van der Waals surface area contributed by atoms with Crippen molar-refractivity contribution in [2.75, 3.05) is 5.32 Å².